The quantitative estimate of drug-likeness (QED) is 0.399. The lowest BCUT2D eigenvalue weighted by Crippen LogP contribution is -2.55. The molecule has 1 aliphatic heterocycles. The third-order valence-corrected chi connectivity index (χ3v) is 5.75. The molecule has 2 heterocycles. The molecule has 0 aliphatic carbocycles. The fraction of sp³-hybridized carbons (Fsp3) is 0.370. The monoisotopic (exact) mass is 522 g/mol. The highest BCUT2D eigenvalue weighted by Crippen LogP contribution is 2.19. The number of hydrogen-bond donors (Lipinski definition) is 4. The molecular weight excluding hydrogens is 492 g/mol. The van der Waals surface area contributed by atoms with E-state index in [1.54, 1.807) is 6.07 Å². The van der Waals surface area contributed by atoms with E-state index >= 15 is 0 Å². The molecule has 11 nitrogen and oxygen atoms in total. The second-order valence-corrected chi connectivity index (χ2v) is 9.35. The molecule has 0 unspecified atom stereocenters. The number of benzene rings is 1. The minimum atomic E-state index is -1.27. The van der Waals surface area contributed by atoms with Crippen LogP contribution in [0.2, 0.25) is 0 Å². The average Bonchev–Trinajstić information content (AvgIpc) is 2.89. The summed E-state index contributed by atoms with van der Waals surface area (Å²) in [6, 6.07) is 11.1. The Bertz CT molecular complexity index is 1250. The summed E-state index contributed by atoms with van der Waals surface area (Å²) in [6.07, 6.45) is -1.59. The van der Waals surface area contributed by atoms with Crippen molar-refractivity contribution >= 4 is 23.9 Å². The maximum absolute atomic E-state index is 13.3. The summed E-state index contributed by atoms with van der Waals surface area (Å²) in [7, 11) is 0. The highest BCUT2D eigenvalue weighted by molar-refractivity contribution is 5.97. The number of rotatable bonds is 7. The van der Waals surface area contributed by atoms with E-state index in [-0.39, 0.29) is 44.7 Å². The summed E-state index contributed by atoms with van der Waals surface area (Å²) in [5.41, 5.74) is 0.303. The molecule has 1 aliphatic rings. The van der Waals surface area contributed by atoms with Crippen molar-refractivity contribution in [2.24, 2.45) is 0 Å². The van der Waals surface area contributed by atoms with Gasteiger partial charge in [-0.2, -0.15) is 0 Å². The first-order chi connectivity index (χ1) is 17.9. The van der Waals surface area contributed by atoms with Gasteiger partial charge in [-0.3, -0.25) is 14.4 Å². The first kappa shape index (κ1) is 28.1. The summed E-state index contributed by atoms with van der Waals surface area (Å²) in [6.45, 7) is 3.55. The van der Waals surface area contributed by atoms with Crippen molar-refractivity contribution in [2.75, 3.05) is 26.2 Å². The van der Waals surface area contributed by atoms with Crippen LogP contribution in [-0.2, 0) is 9.59 Å². The van der Waals surface area contributed by atoms with Gasteiger partial charge < -0.3 is 30.4 Å². The van der Waals surface area contributed by atoms with Gasteiger partial charge in [0.1, 0.15) is 17.3 Å². The van der Waals surface area contributed by atoms with Crippen LogP contribution in [-0.4, -0.2) is 91.8 Å². The van der Waals surface area contributed by atoms with Gasteiger partial charge in [-0.25, -0.2) is 9.78 Å². The Morgan fingerprint density at radius 3 is 2.24 bits per heavy atom. The Kier molecular flexibility index (Phi) is 9.04. The lowest BCUT2D eigenvalue weighted by Gasteiger charge is -2.35. The van der Waals surface area contributed by atoms with E-state index in [4.69, 9.17) is 10.2 Å². The van der Waals surface area contributed by atoms with Crippen LogP contribution in [0.25, 0.3) is 11.3 Å². The van der Waals surface area contributed by atoms with Crippen LogP contribution >= 0.6 is 0 Å². The second kappa shape index (κ2) is 12.2. The number of piperazine rings is 1. The third kappa shape index (κ3) is 8.04. The Labute approximate surface area is 220 Å². The van der Waals surface area contributed by atoms with E-state index < -0.39 is 35.5 Å². The molecule has 0 saturated carbocycles. The molecule has 200 valence electrons. The van der Waals surface area contributed by atoms with Crippen LogP contribution in [0.4, 0.5) is 4.79 Å². The van der Waals surface area contributed by atoms with Crippen LogP contribution < -0.4 is 5.32 Å². The Hall–Kier alpha value is -4.43. The van der Waals surface area contributed by atoms with Gasteiger partial charge in [0.2, 0.25) is 5.91 Å². The highest BCUT2D eigenvalue weighted by atomic mass is 16.4. The summed E-state index contributed by atoms with van der Waals surface area (Å²) in [5, 5.41) is 30.9. The number of carbonyl (C=O) groups excluding carboxylic acids is 2. The predicted octanol–water partition coefficient (Wildman–Crippen LogP) is 1.66. The molecule has 4 N–H and O–H groups in total. The zero-order valence-electron chi connectivity index (χ0n) is 21.2. The number of nitrogens with zero attached hydrogens (tertiary/aromatic N) is 3. The van der Waals surface area contributed by atoms with E-state index in [1.807, 2.05) is 30.3 Å². The average molecular weight is 523 g/mol. The molecule has 1 aromatic heterocycles. The molecule has 1 fully saturated rings. The van der Waals surface area contributed by atoms with Crippen molar-refractivity contribution in [3.05, 3.63) is 53.7 Å². The topological polar surface area (TPSA) is 160 Å². The summed E-state index contributed by atoms with van der Waals surface area (Å²) in [5.74, 6) is 3.24. The first-order valence-corrected chi connectivity index (χ1v) is 12.1. The molecule has 3 amide bonds. The van der Waals surface area contributed by atoms with E-state index in [9.17, 15) is 24.3 Å². The molecule has 0 radical (unpaired) electrons. The molecule has 0 bridgehead atoms. The number of carbonyl (C=O) groups is 4. The summed E-state index contributed by atoms with van der Waals surface area (Å²) < 4.78 is 0. The van der Waals surface area contributed by atoms with Gasteiger partial charge in [0, 0.05) is 43.7 Å². The fourth-order valence-corrected chi connectivity index (χ4v) is 3.80. The number of aromatic nitrogens is 1. The van der Waals surface area contributed by atoms with E-state index in [0.29, 0.717) is 11.3 Å². The molecule has 11 heteroatoms. The summed E-state index contributed by atoms with van der Waals surface area (Å²) in [4.78, 5) is 55.9. The van der Waals surface area contributed by atoms with Crippen molar-refractivity contribution in [3.8, 4) is 23.1 Å². The zero-order valence-corrected chi connectivity index (χ0v) is 21.2. The Morgan fingerprint density at radius 1 is 1.03 bits per heavy atom. The second-order valence-electron chi connectivity index (χ2n) is 9.35. The Morgan fingerprint density at radius 2 is 1.66 bits per heavy atom. The van der Waals surface area contributed by atoms with Gasteiger partial charge in [-0.05, 0) is 32.4 Å². The number of aliphatic carboxylic acids is 1. The minimum absolute atomic E-state index is 0.0322. The molecular formula is C27H30N4O7. The van der Waals surface area contributed by atoms with Crippen LogP contribution in [0, 0.1) is 11.8 Å². The number of pyridine rings is 1. The van der Waals surface area contributed by atoms with Crippen LogP contribution in [0.3, 0.4) is 0 Å². The molecule has 1 atom stereocenters. The van der Waals surface area contributed by atoms with Crippen molar-refractivity contribution in [3.63, 3.8) is 0 Å². The summed E-state index contributed by atoms with van der Waals surface area (Å²) >= 11 is 0. The third-order valence-electron chi connectivity index (χ3n) is 5.75. The first-order valence-electron chi connectivity index (χ1n) is 12.1. The molecule has 1 saturated heterocycles. The largest absolute Gasteiger partial charge is 0.481 e. The van der Waals surface area contributed by atoms with Crippen LogP contribution in [0.5, 0.6) is 0 Å². The fourth-order valence-electron chi connectivity index (χ4n) is 3.80. The maximum atomic E-state index is 13.3. The molecule has 3 rings (SSSR count). The Balaban J connectivity index is 1.88. The van der Waals surface area contributed by atoms with E-state index in [2.05, 4.69) is 22.1 Å². The minimum Gasteiger partial charge on any atom is -0.481 e. The SMILES string of the molecule is CC(C)(O)C#Cc1cc(C(=O)N[C@@H](CCC(=O)O)C(=O)N2CCN(C(=O)O)CC2)nc(-c2ccccc2)c1. The smallest absolute Gasteiger partial charge is 0.407 e. The van der Waals surface area contributed by atoms with E-state index in [0.717, 1.165) is 5.56 Å². The highest BCUT2D eigenvalue weighted by Gasteiger charge is 2.30. The molecule has 1 aromatic carbocycles. The maximum Gasteiger partial charge on any atom is 0.407 e. The normalized spacial score (nSPS) is 14.2. The molecule has 2 aromatic rings. The van der Waals surface area contributed by atoms with Crippen molar-refractivity contribution in [1.82, 2.24) is 20.1 Å². The van der Waals surface area contributed by atoms with Gasteiger partial charge >= 0.3 is 12.1 Å². The van der Waals surface area contributed by atoms with Crippen molar-refractivity contribution in [2.45, 2.75) is 38.3 Å². The van der Waals surface area contributed by atoms with Gasteiger partial charge in [0.05, 0.1) is 5.69 Å². The van der Waals surface area contributed by atoms with Crippen LogP contribution in [0.15, 0.2) is 42.5 Å². The predicted molar refractivity (Wildman–Crippen MR) is 137 cm³/mol. The van der Waals surface area contributed by atoms with Gasteiger partial charge in [0.25, 0.3) is 5.91 Å². The van der Waals surface area contributed by atoms with E-state index in [1.165, 1.54) is 29.7 Å². The lowest BCUT2D eigenvalue weighted by atomic mass is 10.1. The molecule has 38 heavy (non-hydrogen) atoms. The van der Waals surface area contributed by atoms with Crippen molar-refractivity contribution < 1.29 is 34.5 Å². The van der Waals surface area contributed by atoms with Gasteiger partial charge in [-0.1, -0.05) is 42.2 Å². The number of nitrogens with one attached hydrogen (secondary N) is 1. The van der Waals surface area contributed by atoms with Crippen LogP contribution in [0.1, 0.15) is 42.7 Å². The van der Waals surface area contributed by atoms with Gasteiger partial charge in [-0.15, -0.1) is 0 Å². The lowest BCUT2D eigenvalue weighted by molar-refractivity contribution is -0.138. The number of aliphatic hydroxyl groups is 1. The number of amides is 3. The van der Waals surface area contributed by atoms with Crippen molar-refractivity contribution in [1.29, 1.82) is 0 Å². The number of hydrogen-bond acceptors (Lipinski definition) is 6. The number of carboxylic acid groups (broad SMARTS) is 2. The van der Waals surface area contributed by atoms with Gasteiger partial charge in [0.15, 0.2) is 0 Å². The molecule has 0 spiro atoms. The zero-order chi connectivity index (χ0) is 27.9. The standard InChI is InChI=1S/C27H30N4O7/c1-27(2,38)11-10-18-16-21(19-6-4-3-5-7-19)28-22(17-18)24(34)29-20(8-9-23(32)33)25(35)30-12-14-31(15-13-30)26(36)37/h3-7,16-17,20,38H,8-9,12-15H2,1-2H3,(H,29,34)(H,32,33)(H,36,37)/t20-/m0/s1. The number of carboxylic acids is 1.